The van der Waals surface area contributed by atoms with Crippen LogP contribution in [0.25, 0.3) is 0 Å². The zero-order chi connectivity index (χ0) is 23.2. The smallest absolute Gasteiger partial charge is 0.312 e. The molecule has 2 unspecified atom stereocenters. The van der Waals surface area contributed by atoms with Crippen molar-refractivity contribution in [3.8, 4) is 0 Å². The Morgan fingerprint density at radius 1 is 0.733 bits per heavy atom. The molecule has 0 saturated carbocycles. The fourth-order valence-corrected chi connectivity index (χ4v) is 3.19. The quantitative estimate of drug-likeness (QED) is 0.383. The number of hydrogen-bond acceptors (Lipinski definition) is 6. The van der Waals surface area contributed by atoms with E-state index in [9.17, 15) is 19.2 Å². The van der Waals surface area contributed by atoms with E-state index in [1.54, 1.807) is 52.0 Å². The van der Waals surface area contributed by atoms with Crippen LogP contribution >= 0.6 is 0 Å². The van der Waals surface area contributed by atoms with Gasteiger partial charge < -0.3 is 21.0 Å². The Morgan fingerprint density at radius 3 is 1.20 bits per heavy atom. The van der Waals surface area contributed by atoms with Crippen molar-refractivity contribution in [2.45, 2.75) is 52.4 Å². The molecule has 8 nitrogen and oxygen atoms in total. The van der Waals surface area contributed by atoms with Crippen LogP contribution in [0.4, 0.5) is 0 Å². The Kier molecular flexibility index (Phi) is 8.76. The lowest BCUT2D eigenvalue weighted by molar-refractivity contribution is -0.140. The number of ketones is 2. The predicted octanol–water partition coefficient (Wildman–Crippen LogP) is 3.29. The van der Waals surface area contributed by atoms with Gasteiger partial charge in [0.25, 0.3) is 0 Å². The van der Waals surface area contributed by atoms with Gasteiger partial charge in [0.1, 0.15) is 11.8 Å². The van der Waals surface area contributed by atoms with Gasteiger partial charge in [0, 0.05) is 11.8 Å². The molecule has 0 amide bonds. The summed E-state index contributed by atoms with van der Waals surface area (Å²) in [6.07, 6.45) is 0.290. The summed E-state index contributed by atoms with van der Waals surface area (Å²) in [4.78, 5) is 47.4. The number of nitrogens with one attached hydrogen (secondary N) is 2. The number of carbonyl (C=O) groups is 4. The standard InChI is InChI=1S/C22H28N2O6/c1-5-15(21(27)28)17(23)19(25)11(3)13-7-9-14(10-8-13)12(4)20(26)18(24)16(6-2)22(29)30/h7-12,15-16,23-24H,5-6H2,1-4H3,(H,27,28)(H,29,30)/t11?,12?,15-,16-/m1/s1. The Balaban J connectivity index is 2.99. The lowest BCUT2D eigenvalue weighted by Gasteiger charge is -2.18. The second kappa shape index (κ2) is 10.6. The van der Waals surface area contributed by atoms with E-state index in [1.807, 2.05) is 0 Å². The number of rotatable bonds is 12. The highest BCUT2D eigenvalue weighted by Crippen LogP contribution is 2.24. The molecule has 8 heteroatoms. The van der Waals surface area contributed by atoms with Crippen LogP contribution in [-0.4, -0.2) is 45.1 Å². The van der Waals surface area contributed by atoms with E-state index in [4.69, 9.17) is 21.0 Å². The van der Waals surface area contributed by atoms with Gasteiger partial charge in [0.2, 0.25) is 0 Å². The third-order valence-corrected chi connectivity index (χ3v) is 5.36. The third kappa shape index (κ3) is 5.46. The number of hydrogen-bond donors (Lipinski definition) is 4. The van der Waals surface area contributed by atoms with Crippen LogP contribution in [0.1, 0.15) is 63.5 Å². The van der Waals surface area contributed by atoms with Crippen LogP contribution in [0.2, 0.25) is 0 Å². The molecule has 0 aliphatic heterocycles. The van der Waals surface area contributed by atoms with Crippen molar-refractivity contribution >= 4 is 34.9 Å². The van der Waals surface area contributed by atoms with Crippen molar-refractivity contribution in [3.05, 3.63) is 35.4 Å². The Morgan fingerprint density at radius 2 is 1.00 bits per heavy atom. The molecule has 1 aromatic carbocycles. The number of Topliss-reactive ketones (excluding diaryl/α,β-unsaturated/α-hetero) is 2. The van der Waals surface area contributed by atoms with Crippen molar-refractivity contribution in [1.82, 2.24) is 0 Å². The number of carbonyl (C=O) groups excluding carboxylic acids is 2. The lowest BCUT2D eigenvalue weighted by Crippen LogP contribution is -2.32. The number of aliphatic carboxylic acids is 2. The molecule has 0 aliphatic carbocycles. The molecule has 1 aromatic rings. The summed E-state index contributed by atoms with van der Waals surface area (Å²) in [5.41, 5.74) is 0.247. The third-order valence-electron chi connectivity index (χ3n) is 5.36. The molecule has 0 bridgehead atoms. The van der Waals surface area contributed by atoms with Gasteiger partial charge in [-0.25, -0.2) is 0 Å². The van der Waals surface area contributed by atoms with E-state index in [2.05, 4.69) is 0 Å². The first-order valence-electron chi connectivity index (χ1n) is 9.78. The minimum atomic E-state index is -1.21. The predicted molar refractivity (Wildman–Crippen MR) is 112 cm³/mol. The first kappa shape index (κ1) is 24.9. The second-order valence-corrected chi connectivity index (χ2v) is 7.26. The highest BCUT2D eigenvalue weighted by molar-refractivity contribution is 6.44. The van der Waals surface area contributed by atoms with Crippen LogP contribution in [-0.2, 0) is 19.2 Å². The van der Waals surface area contributed by atoms with Gasteiger partial charge >= 0.3 is 11.9 Å². The summed E-state index contributed by atoms with van der Waals surface area (Å²) in [7, 11) is 0. The molecule has 0 radical (unpaired) electrons. The normalized spacial score (nSPS) is 14.8. The van der Waals surface area contributed by atoms with Crippen molar-refractivity contribution < 1.29 is 29.4 Å². The zero-order valence-corrected chi connectivity index (χ0v) is 17.6. The molecule has 4 N–H and O–H groups in total. The van der Waals surface area contributed by atoms with Gasteiger partial charge in [-0.2, -0.15) is 0 Å². The van der Waals surface area contributed by atoms with Crippen molar-refractivity contribution in [1.29, 1.82) is 10.8 Å². The number of carboxylic acids is 2. The van der Waals surface area contributed by atoms with Crippen LogP contribution in [0.3, 0.4) is 0 Å². The summed E-state index contributed by atoms with van der Waals surface area (Å²) in [6.45, 7) is 6.37. The molecular weight excluding hydrogens is 388 g/mol. The summed E-state index contributed by atoms with van der Waals surface area (Å²) in [5.74, 6) is -7.31. The molecule has 0 aliphatic rings. The van der Waals surface area contributed by atoms with Crippen molar-refractivity contribution in [2.75, 3.05) is 0 Å². The first-order chi connectivity index (χ1) is 14.0. The van der Waals surface area contributed by atoms with E-state index in [0.717, 1.165) is 0 Å². The SMILES string of the molecule is CC[C@H](C(=N)C(=O)C(C)c1ccc(C(C)C(=O)C(=N)[C@@H](CC)C(=O)O)cc1)C(=O)O. The van der Waals surface area contributed by atoms with Gasteiger partial charge in [-0.1, -0.05) is 52.0 Å². The second-order valence-electron chi connectivity index (χ2n) is 7.26. The maximum Gasteiger partial charge on any atom is 0.312 e. The number of benzene rings is 1. The Bertz CT molecular complexity index is 788. The lowest BCUT2D eigenvalue weighted by atomic mass is 9.85. The van der Waals surface area contributed by atoms with Gasteiger partial charge in [-0.05, 0) is 24.0 Å². The summed E-state index contributed by atoms with van der Waals surface area (Å²) in [6, 6.07) is 6.48. The molecule has 0 spiro atoms. The molecule has 0 aromatic heterocycles. The van der Waals surface area contributed by atoms with Gasteiger partial charge in [0.05, 0.1) is 11.4 Å². The van der Waals surface area contributed by atoms with Gasteiger partial charge in [0.15, 0.2) is 11.6 Å². The monoisotopic (exact) mass is 416 g/mol. The molecule has 0 heterocycles. The maximum absolute atomic E-state index is 12.5. The largest absolute Gasteiger partial charge is 0.481 e. The van der Waals surface area contributed by atoms with Gasteiger partial charge in [-0.3, -0.25) is 19.2 Å². The first-order valence-corrected chi connectivity index (χ1v) is 9.78. The number of carboxylic acid groups (broad SMARTS) is 2. The molecule has 0 saturated heterocycles. The van der Waals surface area contributed by atoms with Crippen molar-refractivity contribution in [2.24, 2.45) is 11.8 Å². The minimum Gasteiger partial charge on any atom is -0.481 e. The Labute approximate surface area is 175 Å². The zero-order valence-electron chi connectivity index (χ0n) is 17.6. The highest BCUT2D eigenvalue weighted by Gasteiger charge is 2.31. The summed E-state index contributed by atoms with van der Waals surface area (Å²) in [5, 5.41) is 34.1. The Hall–Kier alpha value is -3.16. The van der Waals surface area contributed by atoms with E-state index >= 15 is 0 Å². The average Bonchev–Trinajstić information content (AvgIpc) is 2.71. The fourth-order valence-electron chi connectivity index (χ4n) is 3.19. The molecule has 4 atom stereocenters. The van der Waals surface area contributed by atoms with Gasteiger partial charge in [-0.15, -0.1) is 0 Å². The van der Waals surface area contributed by atoms with E-state index in [1.165, 1.54) is 0 Å². The molecule has 1 rings (SSSR count). The van der Waals surface area contributed by atoms with Crippen molar-refractivity contribution in [3.63, 3.8) is 0 Å². The van der Waals surface area contributed by atoms with Crippen LogP contribution in [0.5, 0.6) is 0 Å². The molecular formula is C22H28N2O6. The van der Waals surface area contributed by atoms with Crippen LogP contribution in [0, 0.1) is 22.7 Å². The van der Waals surface area contributed by atoms with E-state index in [0.29, 0.717) is 11.1 Å². The van der Waals surface area contributed by atoms with E-state index in [-0.39, 0.29) is 12.8 Å². The molecule has 30 heavy (non-hydrogen) atoms. The molecule has 162 valence electrons. The maximum atomic E-state index is 12.5. The fraction of sp³-hybridized carbons (Fsp3) is 0.455. The summed E-state index contributed by atoms with van der Waals surface area (Å²) >= 11 is 0. The van der Waals surface area contributed by atoms with Crippen LogP contribution in [0.15, 0.2) is 24.3 Å². The average molecular weight is 416 g/mol. The minimum absolute atomic E-state index is 0.145. The highest BCUT2D eigenvalue weighted by atomic mass is 16.4. The summed E-state index contributed by atoms with van der Waals surface area (Å²) < 4.78 is 0. The molecule has 0 fully saturated rings. The topological polar surface area (TPSA) is 156 Å². The van der Waals surface area contributed by atoms with E-state index < -0.39 is 58.6 Å². The van der Waals surface area contributed by atoms with Crippen LogP contribution < -0.4 is 0 Å².